The van der Waals surface area contributed by atoms with Crippen LogP contribution in [0.1, 0.15) is 48.9 Å². The van der Waals surface area contributed by atoms with Gasteiger partial charge in [0.2, 0.25) is 5.91 Å². The van der Waals surface area contributed by atoms with Gasteiger partial charge in [-0.1, -0.05) is 31.2 Å². The van der Waals surface area contributed by atoms with Crippen molar-refractivity contribution in [3.8, 4) is 11.5 Å². The van der Waals surface area contributed by atoms with Crippen molar-refractivity contribution in [1.82, 2.24) is 9.80 Å². The Morgan fingerprint density at radius 3 is 2.54 bits per heavy atom. The molecule has 2 aliphatic heterocycles. The van der Waals surface area contributed by atoms with Crippen molar-refractivity contribution in [2.75, 3.05) is 47.0 Å². The van der Waals surface area contributed by atoms with Gasteiger partial charge in [-0.3, -0.25) is 14.5 Å². The lowest BCUT2D eigenvalue weighted by molar-refractivity contribution is -0.149. The summed E-state index contributed by atoms with van der Waals surface area (Å²) in [4.78, 5) is 30.4. The minimum absolute atomic E-state index is 0.0471. The quantitative estimate of drug-likeness (QED) is 0.509. The van der Waals surface area contributed by atoms with Gasteiger partial charge in [-0.15, -0.1) is 0 Å². The molecule has 7 heteroatoms. The van der Waals surface area contributed by atoms with Crippen LogP contribution < -0.4 is 9.47 Å². The zero-order valence-corrected chi connectivity index (χ0v) is 21.2. The van der Waals surface area contributed by atoms with Gasteiger partial charge in [0.1, 0.15) is 11.5 Å². The summed E-state index contributed by atoms with van der Waals surface area (Å²) in [5, 5.41) is 0. The maximum Gasteiger partial charge on any atom is 0.311 e. The van der Waals surface area contributed by atoms with Crippen LogP contribution in [0.3, 0.4) is 0 Å². The first kappa shape index (κ1) is 25.0. The maximum absolute atomic E-state index is 13.4. The molecule has 0 unspecified atom stereocenters. The van der Waals surface area contributed by atoms with E-state index in [2.05, 4.69) is 30.0 Å². The number of methoxy groups -OCH3 is 1. The van der Waals surface area contributed by atoms with Gasteiger partial charge >= 0.3 is 5.97 Å². The largest absolute Gasteiger partial charge is 0.497 e. The van der Waals surface area contributed by atoms with Gasteiger partial charge in [-0.25, -0.2) is 0 Å². The normalized spacial score (nSPS) is 21.3. The number of rotatable bonds is 9. The zero-order valence-electron chi connectivity index (χ0n) is 21.2. The van der Waals surface area contributed by atoms with Crippen molar-refractivity contribution >= 4 is 11.9 Å². The Morgan fingerprint density at radius 2 is 1.86 bits per heavy atom. The standard InChI is InChI=1S/C28H36N2O5/c1-5-14-29(3)25(31)18-30-17-23(21-8-7-19-13-15-35-24(19)16-21)26(28(32)34-6-2)27(30)20-9-11-22(33-4)12-10-20/h7-12,16,23,26-27H,5-6,13-15,17-18H2,1-4H3/t23-,26-,27+/m1/s1. The molecule has 2 aromatic carbocycles. The summed E-state index contributed by atoms with van der Waals surface area (Å²) in [5.74, 6) is 0.870. The Bertz CT molecular complexity index is 1040. The molecule has 1 saturated heterocycles. The monoisotopic (exact) mass is 480 g/mol. The van der Waals surface area contributed by atoms with E-state index in [1.807, 2.05) is 38.2 Å². The van der Waals surface area contributed by atoms with Gasteiger partial charge in [-0.2, -0.15) is 0 Å². The second kappa shape index (κ2) is 11.1. The van der Waals surface area contributed by atoms with Gasteiger partial charge in [0.15, 0.2) is 0 Å². The number of hydrogen-bond acceptors (Lipinski definition) is 6. The van der Waals surface area contributed by atoms with Crippen LogP contribution in [0, 0.1) is 5.92 Å². The second-order valence-corrected chi connectivity index (χ2v) is 9.31. The number of carbonyl (C=O) groups is 2. The molecule has 7 nitrogen and oxygen atoms in total. The molecule has 0 N–H and O–H groups in total. The molecule has 0 radical (unpaired) electrons. The van der Waals surface area contributed by atoms with Crippen LogP contribution in [0.5, 0.6) is 11.5 Å². The highest BCUT2D eigenvalue weighted by Gasteiger charge is 2.48. The lowest BCUT2D eigenvalue weighted by atomic mass is 9.82. The predicted octanol–water partition coefficient (Wildman–Crippen LogP) is 3.82. The van der Waals surface area contributed by atoms with Crippen LogP contribution in [0.15, 0.2) is 42.5 Å². The number of likely N-dealkylation sites (tertiary alicyclic amines) is 1. The minimum Gasteiger partial charge on any atom is -0.497 e. The number of hydrogen-bond donors (Lipinski definition) is 0. The summed E-state index contributed by atoms with van der Waals surface area (Å²) >= 11 is 0. The van der Waals surface area contributed by atoms with Crippen LogP contribution >= 0.6 is 0 Å². The average molecular weight is 481 g/mol. The van der Waals surface area contributed by atoms with E-state index in [0.29, 0.717) is 26.3 Å². The first-order valence-electron chi connectivity index (χ1n) is 12.5. The molecule has 1 amide bonds. The van der Waals surface area contributed by atoms with Crippen LogP contribution in [0.2, 0.25) is 0 Å². The molecule has 35 heavy (non-hydrogen) atoms. The van der Waals surface area contributed by atoms with Gasteiger partial charge in [0, 0.05) is 38.5 Å². The minimum atomic E-state index is -0.452. The van der Waals surface area contributed by atoms with E-state index in [1.54, 1.807) is 12.0 Å². The van der Waals surface area contributed by atoms with E-state index < -0.39 is 5.92 Å². The number of ether oxygens (including phenoxy) is 3. The van der Waals surface area contributed by atoms with Gasteiger partial charge in [-0.05, 0) is 48.2 Å². The van der Waals surface area contributed by atoms with E-state index in [0.717, 1.165) is 35.5 Å². The number of likely N-dealkylation sites (N-methyl/N-ethyl adjacent to an activating group) is 1. The average Bonchev–Trinajstić information content (AvgIpc) is 3.48. The third-order valence-electron chi connectivity index (χ3n) is 7.09. The highest BCUT2D eigenvalue weighted by Crippen LogP contribution is 2.47. The molecule has 0 aromatic heterocycles. The highest BCUT2D eigenvalue weighted by molar-refractivity contribution is 5.79. The fourth-order valence-electron chi connectivity index (χ4n) is 5.32. The highest BCUT2D eigenvalue weighted by atomic mass is 16.5. The van der Waals surface area contributed by atoms with Crippen LogP contribution in [-0.2, 0) is 20.7 Å². The zero-order chi connectivity index (χ0) is 24.9. The Kier molecular flexibility index (Phi) is 7.96. The van der Waals surface area contributed by atoms with Gasteiger partial charge in [0.25, 0.3) is 0 Å². The molecule has 1 fully saturated rings. The Morgan fingerprint density at radius 1 is 1.11 bits per heavy atom. The third kappa shape index (κ3) is 5.30. The van der Waals surface area contributed by atoms with Crippen molar-refractivity contribution in [2.45, 2.75) is 38.6 Å². The smallest absolute Gasteiger partial charge is 0.311 e. The summed E-state index contributed by atoms with van der Waals surface area (Å²) in [6, 6.07) is 13.7. The van der Waals surface area contributed by atoms with Crippen molar-refractivity contribution in [2.24, 2.45) is 5.92 Å². The van der Waals surface area contributed by atoms with Crippen molar-refractivity contribution in [1.29, 1.82) is 0 Å². The summed E-state index contributed by atoms with van der Waals surface area (Å²) in [6.07, 6.45) is 1.80. The first-order valence-corrected chi connectivity index (χ1v) is 12.5. The molecule has 2 aliphatic rings. The second-order valence-electron chi connectivity index (χ2n) is 9.31. The van der Waals surface area contributed by atoms with Crippen LogP contribution in [-0.4, -0.2) is 68.7 Å². The van der Waals surface area contributed by atoms with Crippen LogP contribution in [0.25, 0.3) is 0 Å². The molecule has 0 aliphatic carbocycles. The molecule has 2 heterocycles. The van der Waals surface area contributed by atoms with Crippen LogP contribution in [0.4, 0.5) is 0 Å². The van der Waals surface area contributed by atoms with E-state index in [4.69, 9.17) is 14.2 Å². The van der Waals surface area contributed by atoms with Crippen molar-refractivity contribution in [3.63, 3.8) is 0 Å². The molecule has 4 rings (SSSR count). The van der Waals surface area contributed by atoms with E-state index in [9.17, 15) is 9.59 Å². The number of amides is 1. The number of nitrogens with zero attached hydrogens (tertiary/aromatic N) is 2. The molecular weight excluding hydrogens is 444 g/mol. The molecule has 2 aromatic rings. The molecule has 3 atom stereocenters. The fourth-order valence-corrected chi connectivity index (χ4v) is 5.32. The number of benzene rings is 2. The Balaban J connectivity index is 1.74. The van der Waals surface area contributed by atoms with E-state index in [1.165, 1.54) is 5.56 Å². The molecule has 0 bridgehead atoms. The first-order chi connectivity index (χ1) is 17.0. The summed E-state index contributed by atoms with van der Waals surface area (Å²) in [6.45, 7) is 6.39. The maximum atomic E-state index is 13.4. The van der Waals surface area contributed by atoms with Gasteiger partial charge < -0.3 is 19.1 Å². The van der Waals surface area contributed by atoms with Gasteiger partial charge in [0.05, 0.1) is 32.8 Å². The lowest BCUT2D eigenvalue weighted by Crippen LogP contribution is -2.39. The predicted molar refractivity (Wildman–Crippen MR) is 134 cm³/mol. The number of esters is 1. The SMILES string of the molecule is CCCN(C)C(=O)CN1C[C@H](c2ccc3c(c2)OCC3)[C@@H](C(=O)OCC)[C@@H]1c1ccc(OC)cc1. The molecule has 188 valence electrons. The Labute approximate surface area is 207 Å². The summed E-state index contributed by atoms with van der Waals surface area (Å²) < 4.78 is 16.8. The Hall–Kier alpha value is -3.06. The summed E-state index contributed by atoms with van der Waals surface area (Å²) in [7, 11) is 3.47. The molecular formula is C28H36N2O5. The van der Waals surface area contributed by atoms with Crippen molar-refractivity contribution < 1.29 is 23.8 Å². The van der Waals surface area contributed by atoms with Crippen molar-refractivity contribution in [3.05, 3.63) is 59.2 Å². The fraction of sp³-hybridized carbons (Fsp3) is 0.500. The number of fused-ring (bicyclic) bond motifs is 1. The van der Waals surface area contributed by atoms with E-state index in [-0.39, 0.29) is 30.4 Å². The topological polar surface area (TPSA) is 68.3 Å². The molecule has 0 saturated carbocycles. The van der Waals surface area contributed by atoms with E-state index >= 15 is 0 Å². The number of carbonyl (C=O) groups excluding carboxylic acids is 2. The lowest BCUT2D eigenvalue weighted by Gasteiger charge is -2.29. The molecule has 0 spiro atoms. The third-order valence-corrected chi connectivity index (χ3v) is 7.09. The summed E-state index contributed by atoms with van der Waals surface area (Å²) in [5.41, 5.74) is 3.20.